The molecule has 0 spiro atoms. The van der Waals surface area contributed by atoms with E-state index in [1.165, 1.54) is 5.56 Å². The summed E-state index contributed by atoms with van der Waals surface area (Å²) in [5.74, 6) is 0.563. The lowest BCUT2D eigenvalue weighted by Gasteiger charge is -2.21. The van der Waals surface area contributed by atoms with Crippen molar-refractivity contribution in [2.45, 2.75) is 65.5 Å². The smallest absolute Gasteiger partial charge is 0.245 e. The van der Waals surface area contributed by atoms with Gasteiger partial charge in [-0.1, -0.05) is 45.0 Å². The molecule has 2 aromatic rings. The van der Waals surface area contributed by atoms with Crippen LogP contribution in [0.2, 0.25) is 0 Å². The maximum atomic E-state index is 12.5. The van der Waals surface area contributed by atoms with Gasteiger partial charge >= 0.3 is 0 Å². The summed E-state index contributed by atoms with van der Waals surface area (Å²) < 4.78 is 1.71. The van der Waals surface area contributed by atoms with Crippen molar-refractivity contribution in [1.29, 1.82) is 0 Å². The van der Waals surface area contributed by atoms with Crippen molar-refractivity contribution in [3.63, 3.8) is 0 Å². The van der Waals surface area contributed by atoms with Gasteiger partial charge in [0.05, 0.1) is 12.2 Å². The fourth-order valence-corrected chi connectivity index (χ4v) is 2.77. The van der Waals surface area contributed by atoms with Gasteiger partial charge in [-0.05, 0) is 49.3 Å². The minimum Gasteiger partial charge on any atom is -0.347 e. The highest BCUT2D eigenvalue weighted by Crippen LogP contribution is 2.23. The minimum atomic E-state index is -0.313. The van der Waals surface area contributed by atoms with Crippen LogP contribution in [0.4, 0.5) is 0 Å². The molecule has 130 valence electrons. The first-order valence-corrected chi connectivity index (χ1v) is 8.87. The number of carbonyl (C=O) groups excluding carboxylic acids is 1. The van der Waals surface area contributed by atoms with Crippen LogP contribution in [0.1, 0.15) is 75.2 Å². The normalized spacial score (nSPS) is 14.9. The molecule has 3 unspecified atom stereocenters. The highest BCUT2D eigenvalue weighted by molar-refractivity contribution is 5.80. The largest absolute Gasteiger partial charge is 0.347 e. The highest BCUT2D eigenvalue weighted by atomic mass is 16.2. The average molecular weight is 327 g/mol. The van der Waals surface area contributed by atoms with E-state index in [-0.39, 0.29) is 18.0 Å². The lowest BCUT2D eigenvalue weighted by atomic mass is 9.95. The zero-order valence-electron chi connectivity index (χ0n) is 15.4. The summed E-state index contributed by atoms with van der Waals surface area (Å²) in [5, 5.41) is 7.39. The molecule has 0 aliphatic heterocycles. The van der Waals surface area contributed by atoms with Gasteiger partial charge in [-0.15, -0.1) is 0 Å². The predicted octanol–water partition coefficient (Wildman–Crippen LogP) is 4.53. The molecular weight excluding hydrogens is 298 g/mol. The lowest BCUT2D eigenvalue weighted by molar-refractivity contribution is -0.124. The predicted molar refractivity (Wildman–Crippen MR) is 98.0 cm³/mol. The second kappa shape index (κ2) is 8.13. The second-order valence-corrected chi connectivity index (χ2v) is 6.62. The third-order valence-electron chi connectivity index (χ3n) is 4.75. The summed E-state index contributed by atoms with van der Waals surface area (Å²) in [7, 11) is 0. The van der Waals surface area contributed by atoms with Crippen molar-refractivity contribution in [3.05, 3.63) is 53.3 Å². The van der Waals surface area contributed by atoms with Crippen molar-refractivity contribution in [3.8, 4) is 0 Å². The molecule has 0 saturated heterocycles. The number of hydrogen-bond acceptors (Lipinski definition) is 2. The van der Waals surface area contributed by atoms with Crippen molar-refractivity contribution < 1.29 is 4.79 Å². The third kappa shape index (κ3) is 4.25. The number of carbonyl (C=O) groups is 1. The molecule has 24 heavy (non-hydrogen) atoms. The Morgan fingerprint density at radius 3 is 2.25 bits per heavy atom. The van der Waals surface area contributed by atoms with Gasteiger partial charge in [0.15, 0.2) is 0 Å². The average Bonchev–Trinajstić information content (AvgIpc) is 3.04. The SMILES string of the molecule is CCC(C)c1ccc(C(CC)NC(=O)C(C)n2cc(C)cn2)cc1. The molecule has 4 heteroatoms. The number of nitrogens with zero attached hydrogens (tertiary/aromatic N) is 2. The van der Waals surface area contributed by atoms with Crippen LogP contribution in [0, 0.1) is 6.92 Å². The summed E-state index contributed by atoms with van der Waals surface area (Å²) in [5.41, 5.74) is 3.56. The number of benzene rings is 1. The molecule has 1 heterocycles. The van der Waals surface area contributed by atoms with E-state index in [4.69, 9.17) is 0 Å². The zero-order valence-corrected chi connectivity index (χ0v) is 15.4. The van der Waals surface area contributed by atoms with Crippen LogP contribution >= 0.6 is 0 Å². The number of aryl methyl sites for hydroxylation is 1. The van der Waals surface area contributed by atoms with Gasteiger partial charge in [0, 0.05) is 6.20 Å². The van der Waals surface area contributed by atoms with Crippen molar-refractivity contribution >= 4 is 5.91 Å². The molecular formula is C20H29N3O. The molecule has 0 aliphatic carbocycles. The molecule has 0 fully saturated rings. The number of hydrogen-bond donors (Lipinski definition) is 1. The topological polar surface area (TPSA) is 46.9 Å². The standard InChI is InChI=1S/C20H29N3O/c1-6-15(4)17-8-10-18(11-9-17)19(7-2)22-20(24)16(5)23-13-14(3)12-21-23/h8-13,15-16,19H,6-7H2,1-5H3,(H,22,24). The van der Waals surface area contributed by atoms with E-state index in [2.05, 4.69) is 55.5 Å². The quantitative estimate of drug-likeness (QED) is 0.812. The molecule has 1 aromatic carbocycles. The first kappa shape index (κ1) is 18.2. The Bertz CT molecular complexity index is 660. The Balaban J connectivity index is 2.07. The Morgan fingerprint density at radius 2 is 1.75 bits per heavy atom. The van der Waals surface area contributed by atoms with Crippen LogP contribution in [0.5, 0.6) is 0 Å². The molecule has 0 radical (unpaired) electrons. The summed E-state index contributed by atoms with van der Waals surface area (Å²) in [6, 6.07) is 8.35. The van der Waals surface area contributed by atoms with Gasteiger partial charge < -0.3 is 5.32 Å². The van der Waals surface area contributed by atoms with Crippen LogP contribution in [0.3, 0.4) is 0 Å². The van der Waals surface area contributed by atoms with E-state index >= 15 is 0 Å². The Hall–Kier alpha value is -2.10. The Labute approximate surface area is 145 Å². The number of nitrogens with one attached hydrogen (secondary N) is 1. The van der Waals surface area contributed by atoms with E-state index < -0.39 is 0 Å². The first-order chi connectivity index (χ1) is 11.5. The van der Waals surface area contributed by atoms with Crippen LogP contribution < -0.4 is 5.32 Å². The molecule has 1 aromatic heterocycles. The Morgan fingerprint density at radius 1 is 1.12 bits per heavy atom. The van der Waals surface area contributed by atoms with Crippen LogP contribution in [0.15, 0.2) is 36.7 Å². The van der Waals surface area contributed by atoms with Crippen LogP contribution in [-0.4, -0.2) is 15.7 Å². The maximum absolute atomic E-state index is 12.5. The molecule has 1 amide bonds. The van der Waals surface area contributed by atoms with E-state index in [0.29, 0.717) is 5.92 Å². The van der Waals surface area contributed by atoms with E-state index in [0.717, 1.165) is 24.0 Å². The molecule has 1 N–H and O–H groups in total. The highest BCUT2D eigenvalue weighted by Gasteiger charge is 2.20. The lowest BCUT2D eigenvalue weighted by Crippen LogP contribution is -2.34. The summed E-state index contributed by atoms with van der Waals surface area (Å²) in [6.45, 7) is 10.4. The van der Waals surface area contributed by atoms with Gasteiger partial charge in [0.2, 0.25) is 5.91 Å². The summed E-state index contributed by atoms with van der Waals surface area (Å²) in [6.07, 6.45) is 5.66. The minimum absolute atomic E-state index is 0.00375. The monoisotopic (exact) mass is 327 g/mol. The molecule has 0 saturated carbocycles. The fourth-order valence-electron chi connectivity index (χ4n) is 2.77. The van der Waals surface area contributed by atoms with Crippen LogP contribution in [0.25, 0.3) is 0 Å². The van der Waals surface area contributed by atoms with Crippen molar-refractivity contribution in [2.24, 2.45) is 0 Å². The number of aromatic nitrogens is 2. The van der Waals surface area contributed by atoms with Crippen molar-refractivity contribution in [1.82, 2.24) is 15.1 Å². The van der Waals surface area contributed by atoms with Crippen LogP contribution in [-0.2, 0) is 4.79 Å². The van der Waals surface area contributed by atoms with Crippen molar-refractivity contribution in [2.75, 3.05) is 0 Å². The first-order valence-electron chi connectivity index (χ1n) is 8.87. The third-order valence-corrected chi connectivity index (χ3v) is 4.75. The number of amides is 1. The fraction of sp³-hybridized carbons (Fsp3) is 0.500. The molecule has 0 bridgehead atoms. The van der Waals surface area contributed by atoms with Gasteiger partial charge in [-0.25, -0.2) is 0 Å². The molecule has 4 nitrogen and oxygen atoms in total. The van der Waals surface area contributed by atoms with Gasteiger partial charge in [0.1, 0.15) is 6.04 Å². The molecule has 0 aliphatic rings. The maximum Gasteiger partial charge on any atom is 0.245 e. The van der Waals surface area contributed by atoms with Gasteiger partial charge in [-0.3, -0.25) is 9.48 Å². The van der Waals surface area contributed by atoms with E-state index in [1.54, 1.807) is 10.9 Å². The van der Waals surface area contributed by atoms with E-state index in [1.807, 2.05) is 20.0 Å². The second-order valence-electron chi connectivity index (χ2n) is 6.62. The van der Waals surface area contributed by atoms with E-state index in [9.17, 15) is 4.79 Å². The Kier molecular flexibility index (Phi) is 6.18. The zero-order chi connectivity index (χ0) is 17.7. The summed E-state index contributed by atoms with van der Waals surface area (Å²) in [4.78, 5) is 12.5. The summed E-state index contributed by atoms with van der Waals surface area (Å²) >= 11 is 0. The number of rotatable bonds is 7. The molecule has 2 rings (SSSR count). The molecule has 3 atom stereocenters. The van der Waals surface area contributed by atoms with Gasteiger partial charge in [-0.2, -0.15) is 5.10 Å². The van der Waals surface area contributed by atoms with Gasteiger partial charge in [0.25, 0.3) is 0 Å².